The second kappa shape index (κ2) is 9.82. The molecule has 1 saturated heterocycles. The lowest BCUT2D eigenvalue weighted by atomic mass is 9.91. The van der Waals surface area contributed by atoms with Gasteiger partial charge in [-0.1, -0.05) is 13.8 Å². The molecule has 1 fully saturated rings. The summed E-state index contributed by atoms with van der Waals surface area (Å²) in [4.78, 5) is 43.2. The number of rotatable bonds is 7. The molecule has 0 saturated carbocycles. The van der Waals surface area contributed by atoms with E-state index in [0.717, 1.165) is 6.54 Å². The number of likely N-dealkylation sites (tertiary alicyclic amines) is 1. The molecule has 0 radical (unpaired) electrons. The van der Waals surface area contributed by atoms with Gasteiger partial charge in [-0.05, 0) is 45.3 Å². The van der Waals surface area contributed by atoms with Crippen LogP contribution in [-0.4, -0.2) is 76.8 Å². The van der Waals surface area contributed by atoms with E-state index in [4.69, 9.17) is 0 Å². The van der Waals surface area contributed by atoms with Gasteiger partial charge in [0.1, 0.15) is 4.88 Å². The number of nitrogens with zero attached hydrogens (tertiary/aromatic N) is 5. The number of aromatic nitrogens is 3. The van der Waals surface area contributed by atoms with E-state index in [1.165, 1.54) is 11.3 Å². The Labute approximate surface area is 188 Å². The predicted molar refractivity (Wildman–Crippen MR) is 122 cm³/mol. The van der Waals surface area contributed by atoms with Crippen LogP contribution in [0.4, 0.5) is 0 Å². The van der Waals surface area contributed by atoms with Crippen molar-refractivity contribution in [3.05, 3.63) is 29.0 Å². The van der Waals surface area contributed by atoms with Crippen molar-refractivity contribution in [2.75, 3.05) is 40.3 Å². The van der Waals surface area contributed by atoms with Crippen molar-refractivity contribution in [1.82, 2.24) is 30.1 Å². The van der Waals surface area contributed by atoms with Gasteiger partial charge in [0.15, 0.2) is 10.8 Å². The van der Waals surface area contributed by atoms with E-state index in [1.807, 2.05) is 25.9 Å². The highest BCUT2D eigenvalue weighted by atomic mass is 32.1. The molecule has 1 N–H and O–H groups in total. The van der Waals surface area contributed by atoms with Crippen molar-refractivity contribution in [3.8, 4) is 10.8 Å². The van der Waals surface area contributed by atoms with Crippen LogP contribution in [0.2, 0.25) is 0 Å². The first-order valence-electron chi connectivity index (χ1n) is 10.6. The van der Waals surface area contributed by atoms with E-state index in [0.29, 0.717) is 53.9 Å². The standard InChI is InChI=1S/C22H32N6O2S/c1-15-17(31-20(26-15)18-23-9-6-10-24-18)21(30)28-11-7-16(8-12-28)19(29)25-13-22(2,3)14-27(4)5/h6,9-10,16H,7-8,11-14H2,1-5H3,(H,25,29). The molecule has 0 unspecified atom stereocenters. The lowest BCUT2D eigenvalue weighted by Gasteiger charge is -2.33. The highest BCUT2D eigenvalue weighted by Gasteiger charge is 2.30. The smallest absolute Gasteiger partial charge is 0.265 e. The number of amides is 2. The normalized spacial score (nSPS) is 15.4. The summed E-state index contributed by atoms with van der Waals surface area (Å²) in [6.07, 6.45) is 4.69. The number of nitrogens with one attached hydrogen (secondary N) is 1. The third-order valence-corrected chi connectivity index (χ3v) is 6.53. The highest BCUT2D eigenvalue weighted by Crippen LogP contribution is 2.28. The molecule has 1 aliphatic heterocycles. The average molecular weight is 445 g/mol. The summed E-state index contributed by atoms with van der Waals surface area (Å²) in [7, 11) is 4.08. The molecule has 1 aliphatic rings. The molecule has 0 aromatic carbocycles. The van der Waals surface area contributed by atoms with Crippen molar-refractivity contribution in [1.29, 1.82) is 0 Å². The zero-order chi connectivity index (χ0) is 22.6. The summed E-state index contributed by atoms with van der Waals surface area (Å²) in [6.45, 7) is 8.85. The van der Waals surface area contributed by atoms with Gasteiger partial charge in [0, 0.05) is 44.5 Å². The lowest BCUT2D eigenvalue weighted by Crippen LogP contribution is -2.46. The average Bonchev–Trinajstić information content (AvgIpc) is 3.13. The van der Waals surface area contributed by atoms with E-state index in [2.05, 4.69) is 39.0 Å². The molecule has 31 heavy (non-hydrogen) atoms. The fraction of sp³-hybridized carbons (Fsp3) is 0.591. The SMILES string of the molecule is Cc1nc(-c2ncccn2)sc1C(=O)N1CCC(C(=O)NCC(C)(C)CN(C)C)CC1. The number of carbonyl (C=O) groups excluding carboxylic acids is 2. The molecule has 0 aliphatic carbocycles. The van der Waals surface area contributed by atoms with Crippen molar-refractivity contribution >= 4 is 23.2 Å². The Morgan fingerprint density at radius 3 is 2.48 bits per heavy atom. The Morgan fingerprint density at radius 2 is 1.87 bits per heavy atom. The van der Waals surface area contributed by atoms with Crippen LogP contribution in [0.1, 0.15) is 42.1 Å². The van der Waals surface area contributed by atoms with Gasteiger partial charge in [0.2, 0.25) is 5.91 Å². The van der Waals surface area contributed by atoms with Crippen LogP contribution in [0.15, 0.2) is 18.5 Å². The van der Waals surface area contributed by atoms with Gasteiger partial charge in [0.25, 0.3) is 5.91 Å². The third-order valence-electron chi connectivity index (χ3n) is 5.39. The van der Waals surface area contributed by atoms with Crippen molar-refractivity contribution < 1.29 is 9.59 Å². The molecule has 0 bridgehead atoms. The largest absolute Gasteiger partial charge is 0.355 e. The summed E-state index contributed by atoms with van der Waals surface area (Å²) in [5.41, 5.74) is 0.708. The summed E-state index contributed by atoms with van der Waals surface area (Å²) >= 11 is 1.33. The first kappa shape index (κ1) is 23.3. The molecule has 9 heteroatoms. The molecular weight excluding hydrogens is 412 g/mol. The Balaban J connectivity index is 1.54. The minimum atomic E-state index is -0.0463. The molecule has 0 spiro atoms. The van der Waals surface area contributed by atoms with E-state index in [-0.39, 0.29) is 23.1 Å². The van der Waals surface area contributed by atoms with E-state index < -0.39 is 0 Å². The Kier molecular flexibility index (Phi) is 7.38. The van der Waals surface area contributed by atoms with Crippen LogP contribution in [0.3, 0.4) is 0 Å². The van der Waals surface area contributed by atoms with Gasteiger partial charge < -0.3 is 15.1 Å². The third kappa shape index (κ3) is 6.07. The molecule has 168 valence electrons. The van der Waals surface area contributed by atoms with Gasteiger partial charge in [0.05, 0.1) is 5.69 Å². The molecule has 8 nitrogen and oxygen atoms in total. The van der Waals surface area contributed by atoms with Gasteiger partial charge in [-0.3, -0.25) is 9.59 Å². The van der Waals surface area contributed by atoms with Crippen LogP contribution in [0, 0.1) is 18.3 Å². The van der Waals surface area contributed by atoms with Crippen molar-refractivity contribution in [2.45, 2.75) is 33.6 Å². The Bertz CT molecular complexity index is 904. The van der Waals surface area contributed by atoms with Gasteiger partial charge >= 0.3 is 0 Å². The molecule has 2 aromatic heterocycles. The lowest BCUT2D eigenvalue weighted by molar-refractivity contribution is -0.126. The van der Waals surface area contributed by atoms with E-state index in [9.17, 15) is 9.59 Å². The fourth-order valence-corrected chi connectivity index (χ4v) is 4.95. The molecule has 2 amide bonds. The van der Waals surface area contributed by atoms with E-state index in [1.54, 1.807) is 18.5 Å². The van der Waals surface area contributed by atoms with Crippen LogP contribution >= 0.6 is 11.3 Å². The second-order valence-electron chi connectivity index (χ2n) is 9.19. The minimum Gasteiger partial charge on any atom is -0.355 e. The summed E-state index contributed by atoms with van der Waals surface area (Å²) in [5.74, 6) is 0.553. The zero-order valence-electron chi connectivity index (χ0n) is 19.0. The maximum atomic E-state index is 13.1. The van der Waals surface area contributed by atoms with Gasteiger partial charge in [-0.2, -0.15) is 0 Å². The maximum absolute atomic E-state index is 13.1. The van der Waals surface area contributed by atoms with E-state index >= 15 is 0 Å². The van der Waals surface area contributed by atoms with Crippen molar-refractivity contribution in [2.24, 2.45) is 11.3 Å². The number of piperidine rings is 1. The second-order valence-corrected chi connectivity index (χ2v) is 10.2. The van der Waals surface area contributed by atoms with Gasteiger partial charge in [-0.25, -0.2) is 15.0 Å². The number of hydrogen-bond acceptors (Lipinski definition) is 7. The highest BCUT2D eigenvalue weighted by molar-refractivity contribution is 7.17. The Morgan fingerprint density at radius 1 is 1.23 bits per heavy atom. The minimum absolute atomic E-state index is 0.0136. The van der Waals surface area contributed by atoms with Crippen LogP contribution < -0.4 is 5.32 Å². The monoisotopic (exact) mass is 444 g/mol. The molecule has 2 aromatic rings. The first-order valence-corrected chi connectivity index (χ1v) is 11.4. The predicted octanol–water partition coefficient (Wildman–Crippen LogP) is 2.46. The molecule has 0 atom stereocenters. The van der Waals surface area contributed by atoms with Crippen LogP contribution in [0.5, 0.6) is 0 Å². The summed E-state index contributed by atoms with van der Waals surface area (Å²) in [5, 5.41) is 3.76. The summed E-state index contributed by atoms with van der Waals surface area (Å²) in [6, 6.07) is 1.75. The quantitative estimate of drug-likeness (QED) is 0.705. The number of hydrogen-bond donors (Lipinski definition) is 1. The molecule has 3 rings (SSSR count). The topological polar surface area (TPSA) is 91.3 Å². The zero-order valence-corrected chi connectivity index (χ0v) is 19.8. The van der Waals surface area contributed by atoms with Crippen molar-refractivity contribution in [3.63, 3.8) is 0 Å². The number of aryl methyl sites for hydroxylation is 1. The summed E-state index contributed by atoms with van der Waals surface area (Å²) < 4.78 is 0. The Hall–Kier alpha value is -2.39. The molecular formula is C22H32N6O2S. The van der Waals surface area contributed by atoms with Crippen LogP contribution in [0.25, 0.3) is 10.8 Å². The van der Waals surface area contributed by atoms with Crippen LogP contribution in [-0.2, 0) is 4.79 Å². The maximum Gasteiger partial charge on any atom is 0.265 e. The number of carbonyl (C=O) groups is 2. The van der Waals surface area contributed by atoms with Gasteiger partial charge in [-0.15, -0.1) is 11.3 Å². The number of thiazole rings is 1. The molecule has 3 heterocycles. The fourth-order valence-electron chi connectivity index (χ4n) is 3.97. The first-order chi connectivity index (χ1) is 14.7.